The molecule has 0 saturated heterocycles. The second-order valence-corrected chi connectivity index (χ2v) is 8.72. The van der Waals surface area contributed by atoms with Crippen LogP contribution in [0.1, 0.15) is 24.0 Å². The molecule has 1 spiro atoms. The summed E-state index contributed by atoms with van der Waals surface area (Å²) >= 11 is 1.54. The van der Waals surface area contributed by atoms with Crippen molar-refractivity contribution in [2.45, 2.75) is 30.1 Å². The highest BCUT2D eigenvalue weighted by Gasteiger charge is 2.52. The lowest BCUT2D eigenvalue weighted by molar-refractivity contribution is 0.302. The van der Waals surface area contributed by atoms with E-state index >= 15 is 0 Å². The van der Waals surface area contributed by atoms with E-state index in [9.17, 15) is 0 Å². The van der Waals surface area contributed by atoms with Gasteiger partial charge in [-0.05, 0) is 67.1 Å². The highest BCUT2D eigenvalue weighted by molar-refractivity contribution is 7.97. The van der Waals surface area contributed by atoms with Gasteiger partial charge < -0.3 is 10.0 Å². The van der Waals surface area contributed by atoms with Gasteiger partial charge in [-0.25, -0.2) is 9.97 Å². The molecule has 1 fully saturated rings. The molecule has 29 heavy (non-hydrogen) atoms. The number of aliphatic hydroxyl groups excluding tert-OH is 1. The maximum Gasteiger partial charge on any atom is 0.229 e. The predicted octanol–water partition coefficient (Wildman–Crippen LogP) is 3.62. The Bertz CT molecular complexity index is 1040. The Morgan fingerprint density at radius 1 is 1.14 bits per heavy atom. The molecule has 1 aliphatic heterocycles. The first kappa shape index (κ1) is 18.5. The van der Waals surface area contributed by atoms with Gasteiger partial charge in [0.1, 0.15) is 0 Å². The van der Waals surface area contributed by atoms with Crippen LogP contribution in [0, 0.1) is 6.92 Å². The number of benzene rings is 1. The van der Waals surface area contributed by atoms with Crippen molar-refractivity contribution in [2.75, 3.05) is 24.6 Å². The van der Waals surface area contributed by atoms with Crippen LogP contribution in [0.2, 0.25) is 0 Å². The molecule has 5 rings (SSSR count). The molecule has 148 valence electrons. The Kier molecular flexibility index (Phi) is 4.73. The summed E-state index contributed by atoms with van der Waals surface area (Å²) in [6.07, 6.45) is 7.98. The summed E-state index contributed by atoms with van der Waals surface area (Å²) in [4.78, 5) is 17.2. The molecule has 7 heteroatoms. The van der Waals surface area contributed by atoms with Crippen LogP contribution in [-0.4, -0.2) is 39.8 Å². The van der Waals surface area contributed by atoms with E-state index in [-0.39, 0.29) is 12.0 Å². The lowest BCUT2D eigenvalue weighted by atomic mass is 9.99. The van der Waals surface area contributed by atoms with Crippen LogP contribution < -0.4 is 9.62 Å². The first-order chi connectivity index (χ1) is 14.2. The number of pyridine rings is 1. The van der Waals surface area contributed by atoms with Gasteiger partial charge in [0.15, 0.2) is 0 Å². The molecule has 2 aromatic heterocycles. The van der Waals surface area contributed by atoms with Crippen molar-refractivity contribution in [3.8, 4) is 11.3 Å². The zero-order valence-corrected chi connectivity index (χ0v) is 17.1. The number of aryl methyl sites for hydroxylation is 1. The molecule has 3 aromatic rings. The van der Waals surface area contributed by atoms with Crippen molar-refractivity contribution in [3.63, 3.8) is 0 Å². The summed E-state index contributed by atoms with van der Waals surface area (Å²) in [6.45, 7) is 3.68. The highest BCUT2D eigenvalue weighted by Crippen LogP contribution is 2.58. The third kappa shape index (κ3) is 3.50. The summed E-state index contributed by atoms with van der Waals surface area (Å²) in [5, 5.41) is 8.98. The molecule has 0 unspecified atom stereocenters. The van der Waals surface area contributed by atoms with Gasteiger partial charge in [0.2, 0.25) is 5.95 Å². The number of nitrogens with zero attached hydrogens (tertiary/aromatic N) is 4. The number of hydrogen-bond acceptors (Lipinski definition) is 7. The fourth-order valence-electron chi connectivity index (χ4n) is 3.94. The first-order valence-electron chi connectivity index (χ1n) is 9.86. The highest BCUT2D eigenvalue weighted by atomic mass is 32.2. The average molecular weight is 406 g/mol. The maximum atomic E-state index is 8.98. The number of anilines is 2. The zero-order valence-electron chi connectivity index (χ0n) is 16.3. The van der Waals surface area contributed by atoms with Gasteiger partial charge in [-0.3, -0.25) is 9.71 Å². The summed E-state index contributed by atoms with van der Waals surface area (Å²) in [7, 11) is 0. The Morgan fingerprint density at radius 3 is 2.69 bits per heavy atom. The van der Waals surface area contributed by atoms with E-state index in [1.54, 1.807) is 11.9 Å². The maximum absolute atomic E-state index is 8.98. The van der Waals surface area contributed by atoms with Crippen molar-refractivity contribution in [1.29, 1.82) is 0 Å². The van der Waals surface area contributed by atoms with Crippen LogP contribution in [-0.2, 0) is 5.41 Å². The minimum atomic E-state index is 0.128. The van der Waals surface area contributed by atoms with Crippen LogP contribution in [0.15, 0.2) is 53.8 Å². The van der Waals surface area contributed by atoms with E-state index in [0.717, 1.165) is 28.6 Å². The molecule has 6 nitrogen and oxygen atoms in total. The summed E-state index contributed by atoms with van der Waals surface area (Å²) in [5.74, 6) is 0.733. The van der Waals surface area contributed by atoms with Crippen LogP contribution in [0.25, 0.3) is 11.3 Å². The monoisotopic (exact) mass is 405 g/mol. The standard InChI is InChI=1S/C22H23N5OS/c1-15-4-7-23-19(10-15)16-12-24-21(25-13-16)27-14-22(5-6-22)18-3-2-17(11-20(18)27)29-26-8-9-28/h2-4,7,10-13,26,28H,5-6,8-9,14H2,1H3. The molecule has 0 atom stereocenters. The number of aliphatic hydroxyl groups is 1. The number of aromatic nitrogens is 3. The third-order valence-corrected chi connectivity index (χ3v) is 6.48. The lowest BCUT2D eigenvalue weighted by Crippen LogP contribution is -2.21. The zero-order chi connectivity index (χ0) is 19.8. The Morgan fingerprint density at radius 2 is 1.97 bits per heavy atom. The van der Waals surface area contributed by atoms with Crippen LogP contribution in [0.5, 0.6) is 0 Å². The number of fused-ring (bicyclic) bond motifs is 2. The van der Waals surface area contributed by atoms with Crippen LogP contribution in [0.3, 0.4) is 0 Å². The molecule has 0 bridgehead atoms. The molecule has 2 aliphatic rings. The van der Waals surface area contributed by atoms with Gasteiger partial charge in [-0.15, -0.1) is 0 Å². The lowest BCUT2D eigenvalue weighted by Gasteiger charge is -2.18. The molecule has 1 aromatic carbocycles. The number of hydrogen-bond donors (Lipinski definition) is 2. The van der Waals surface area contributed by atoms with Crippen molar-refractivity contribution >= 4 is 23.6 Å². The topological polar surface area (TPSA) is 74.2 Å². The summed E-state index contributed by atoms with van der Waals surface area (Å²) < 4.78 is 3.17. The second kappa shape index (κ2) is 7.40. The quantitative estimate of drug-likeness (QED) is 0.479. The summed E-state index contributed by atoms with van der Waals surface area (Å²) in [5.41, 5.74) is 5.85. The molecule has 0 radical (unpaired) electrons. The van der Waals surface area contributed by atoms with Crippen molar-refractivity contribution in [2.24, 2.45) is 0 Å². The number of nitrogens with one attached hydrogen (secondary N) is 1. The van der Waals surface area contributed by atoms with E-state index in [2.05, 4.69) is 49.7 Å². The van der Waals surface area contributed by atoms with Crippen molar-refractivity contribution in [3.05, 3.63) is 60.0 Å². The fraction of sp³-hybridized carbons (Fsp3) is 0.318. The molecule has 3 heterocycles. The molecule has 1 saturated carbocycles. The molecule has 0 amide bonds. The van der Waals surface area contributed by atoms with Gasteiger partial charge in [-0.1, -0.05) is 6.07 Å². The summed E-state index contributed by atoms with van der Waals surface area (Å²) in [6, 6.07) is 10.6. The van der Waals surface area contributed by atoms with E-state index in [0.29, 0.717) is 6.54 Å². The largest absolute Gasteiger partial charge is 0.395 e. The van der Waals surface area contributed by atoms with E-state index in [1.165, 1.54) is 29.7 Å². The van der Waals surface area contributed by atoms with Crippen LogP contribution in [0.4, 0.5) is 11.6 Å². The molecule has 2 N–H and O–H groups in total. The SMILES string of the molecule is Cc1ccnc(-c2cnc(N3CC4(CC4)c4ccc(SNCCO)cc43)nc2)c1. The Balaban J connectivity index is 1.44. The predicted molar refractivity (Wildman–Crippen MR) is 115 cm³/mol. The molecule has 1 aliphatic carbocycles. The van der Waals surface area contributed by atoms with Gasteiger partial charge in [0.05, 0.1) is 12.3 Å². The van der Waals surface area contributed by atoms with Crippen molar-refractivity contribution < 1.29 is 5.11 Å². The normalized spacial score (nSPS) is 16.3. The fourth-order valence-corrected chi connectivity index (χ4v) is 4.61. The smallest absolute Gasteiger partial charge is 0.229 e. The first-order valence-corrected chi connectivity index (χ1v) is 10.7. The van der Waals surface area contributed by atoms with Gasteiger partial charge in [-0.2, -0.15) is 0 Å². The minimum absolute atomic E-state index is 0.128. The van der Waals surface area contributed by atoms with E-state index in [4.69, 9.17) is 5.11 Å². The average Bonchev–Trinajstić information content (AvgIpc) is 3.45. The molecular weight excluding hydrogens is 382 g/mol. The van der Waals surface area contributed by atoms with Crippen molar-refractivity contribution in [1.82, 2.24) is 19.7 Å². The Labute approximate surface area is 174 Å². The van der Waals surface area contributed by atoms with Gasteiger partial charge in [0, 0.05) is 53.2 Å². The third-order valence-electron chi connectivity index (χ3n) is 5.64. The molecular formula is C22H23N5OS. The van der Waals surface area contributed by atoms with E-state index < -0.39 is 0 Å². The second-order valence-electron chi connectivity index (χ2n) is 7.76. The number of rotatable bonds is 6. The Hall–Kier alpha value is -2.48. The van der Waals surface area contributed by atoms with Crippen LogP contribution >= 0.6 is 11.9 Å². The van der Waals surface area contributed by atoms with Gasteiger partial charge in [0.25, 0.3) is 0 Å². The minimum Gasteiger partial charge on any atom is -0.395 e. The van der Waals surface area contributed by atoms with E-state index in [1.807, 2.05) is 30.7 Å². The van der Waals surface area contributed by atoms with Gasteiger partial charge >= 0.3 is 0 Å².